The van der Waals surface area contributed by atoms with E-state index in [4.69, 9.17) is 14.4 Å². The first-order valence-corrected chi connectivity index (χ1v) is 21.6. The van der Waals surface area contributed by atoms with Gasteiger partial charge in [0, 0.05) is 38.2 Å². The van der Waals surface area contributed by atoms with Gasteiger partial charge in [0.1, 0.15) is 11.2 Å². The summed E-state index contributed by atoms with van der Waals surface area (Å²) < 4.78 is 8.79. The van der Waals surface area contributed by atoms with Crippen LogP contribution in [0.5, 0.6) is 0 Å². The predicted molar refractivity (Wildman–Crippen MR) is 256 cm³/mol. The molecule has 0 N–H and O–H groups in total. The zero-order chi connectivity index (χ0) is 41.2. The summed E-state index contributed by atoms with van der Waals surface area (Å²) in [6, 6.07) is 76.7. The summed E-state index contributed by atoms with van der Waals surface area (Å²) in [5, 5.41) is 4.76. The van der Waals surface area contributed by atoms with Gasteiger partial charge in [-0.2, -0.15) is 0 Å². The number of benzene rings is 9. The van der Waals surface area contributed by atoms with Gasteiger partial charge in [0.2, 0.25) is 0 Å². The van der Waals surface area contributed by atoms with Crippen LogP contribution in [0.25, 0.3) is 106 Å². The molecule has 0 fully saturated rings. The van der Waals surface area contributed by atoms with Gasteiger partial charge in [-0.05, 0) is 87.0 Å². The number of hydrogen-bond donors (Lipinski definition) is 0. The predicted octanol–water partition coefficient (Wildman–Crippen LogP) is 14.8. The summed E-state index contributed by atoms with van der Waals surface area (Å²) in [6.07, 6.45) is 0. The summed E-state index contributed by atoms with van der Waals surface area (Å²) in [6.45, 7) is 0. The van der Waals surface area contributed by atoms with E-state index < -0.39 is 5.41 Å². The minimum absolute atomic E-state index is 0.623. The molecule has 14 rings (SSSR count). The molecule has 0 saturated carbocycles. The number of para-hydroxylation sites is 4. The molecule has 63 heavy (non-hydrogen) atoms. The molecule has 4 nitrogen and oxygen atoms in total. The van der Waals surface area contributed by atoms with Crippen LogP contribution in [0.3, 0.4) is 0 Å². The molecule has 1 spiro atoms. The Morgan fingerprint density at radius 2 is 1.03 bits per heavy atom. The maximum Gasteiger partial charge on any atom is 0.160 e. The number of nitrogens with zero attached hydrogens (tertiary/aromatic N) is 3. The van der Waals surface area contributed by atoms with E-state index in [2.05, 4.69) is 199 Å². The van der Waals surface area contributed by atoms with E-state index in [1.54, 1.807) is 0 Å². The topological polar surface area (TPSA) is 43.9 Å². The Balaban J connectivity index is 1.10. The van der Waals surface area contributed by atoms with Gasteiger partial charge in [-0.1, -0.05) is 170 Å². The van der Waals surface area contributed by atoms with Crippen LogP contribution in [0.4, 0.5) is 0 Å². The van der Waals surface area contributed by atoms with E-state index in [-0.39, 0.29) is 0 Å². The van der Waals surface area contributed by atoms with Crippen LogP contribution >= 0.6 is 0 Å². The second-order valence-corrected chi connectivity index (χ2v) is 16.8. The highest BCUT2D eigenvalue weighted by Gasteiger charge is 2.51. The number of rotatable bonds is 4. The second-order valence-electron chi connectivity index (χ2n) is 16.8. The highest BCUT2D eigenvalue weighted by Crippen LogP contribution is 2.63. The molecule has 9 aromatic carbocycles. The Bertz CT molecular complexity index is 3800. The molecule has 3 aromatic heterocycles. The van der Waals surface area contributed by atoms with Gasteiger partial charge in [0.05, 0.1) is 33.5 Å². The van der Waals surface area contributed by atoms with Crippen molar-refractivity contribution in [1.29, 1.82) is 0 Å². The fourth-order valence-electron chi connectivity index (χ4n) is 11.0. The summed E-state index contributed by atoms with van der Waals surface area (Å²) in [5.74, 6) is 0.698. The first kappa shape index (κ1) is 34.4. The zero-order valence-corrected chi connectivity index (χ0v) is 34.0. The van der Waals surface area contributed by atoms with Gasteiger partial charge < -0.3 is 8.98 Å². The minimum atomic E-state index is -0.623. The lowest BCUT2D eigenvalue weighted by atomic mass is 9.65. The molecule has 0 radical (unpaired) electrons. The molecule has 4 heteroatoms. The smallest absolute Gasteiger partial charge is 0.160 e. The average Bonchev–Trinajstić information content (AvgIpc) is 4.00. The number of furan rings is 1. The van der Waals surface area contributed by atoms with Gasteiger partial charge in [-0.25, -0.2) is 9.97 Å². The second kappa shape index (κ2) is 12.8. The Hall–Kier alpha value is -8.34. The van der Waals surface area contributed by atoms with E-state index in [0.717, 1.165) is 61.1 Å². The molecule has 1 aliphatic carbocycles. The van der Waals surface area contributed by atoms with E-state index >= 15 is 0 Å². The molecule has 1 atom stereocenters. The first-order valence-electron chi connectivity index (χ1n) is 21.6. The van der Waals surface area contributed by atoms with Gasteiger partial charge in [0.15, 0.2) is 5.82 Å². The van der Waals surface area contributed by atoms with Crippen molar-refractivity contribution in [2.45, 2.75) is 5.41 Å². The monoisotopic (exact) mass is 801 g/mol. The van der Waals surface area contributed by atoms with Crippen LogP contribution < -0.4 is 0 Å². The fourth-order valence-corrected chi connectivity index (χ4v) is 11.0. The Kier molecular flexibility index (Phi) is 7.01. The SMILES string of the molecule is c1ccc(-c2cc(-c3cccc4c3-c3cc(-c5ccc6oc7ccccc7c6c5)ccc3C43c4ccccc4-n4c5ccccc5c5cccc3c54)nc(-c3ccccc3)n2)cc1. The molecular formula is C59H35N3O. The van der Waals surface area contributed by atoms with Crippen molar-refractivity contribution >= 4 is 43.7 Å². The Labute approximate surface area is 363 Å². The maximum atomic E-state index is 6.28. The molecule has 1 unspecified atom stereocenters. The highest BCUT2D eigenvalue weighted by molar-refractivity contribution is 6.13. The average molecular weight is 802 g/mol. The lowest BCUT2D eigenvalue weighted by Crippen LogP contribution is -2.33. The Morgan fingerprint density at radius 3 is 1.92 bits per heavy atom. The molecule has 0 bridgehead atoms. The third-order valence-corrected chi connectivity index (χ3v) is 13.6. The fraction of sp³-hybridized carbons (Fsp3) is 0.0169. The first-order chi connectivity index (χ1) is 31.2. The van der Waals surface area contributed by atoms with Crippen molar-refractivity contribution in [3.8, 4) is 61.8 Å². The molecule has 292 valence electrons. The van der Waals surface area contributed by atoms with Crippen LogP contribution in [0, 0.1) is 0 Å². The molecule has 1 aliphatic heterocycles. The van der Waals surface area contributed by atoms with Crippen molar-refractivity contribution in [1.82, 2.24) is 14.5 Å². The van der Waals surface area contributed by atoms with E-state index in [9.17, 15) is 0 Å². The molecule has 4 heterocycles. The molecule has 0 saturated heterocycles. The van der Waals surface area contributed by atoms with E-state index in [1.165, 1.54) is 60.9 Å². The van der Waals surface area contributed by atoms with E-state index in [1.807, 2.05) is 18.2 Å². The lowest BCUT2D eigenvalue weighted by Gasteiger charge is -2.39. The summed E-state index contributed by atoms with van der Waals surface area (Å²) in [7, 11) is 0. The largest absolute Gasteiger partial charge is 0.456 e. The summed E-state index contributed by atoms with van der Waals surface area (Å²) in [5.41, 5.74) is 19.5. The Morgan fingerprint density at radius 1 is 0.381 bits per heavy atom. The third kappa shape index (κ3) is 4.69. The number of fused-ring (bicyclic) bond motifs is 15. The number of hydrogen-bond acceptors (Lipinski definition) is 3. The molecule has 0 amide bonds. The van der Waals surface area contributed by atoms with Crippen molar-refractivity contribution in [2.24, 2.45) is 0 Å². The molecule has 2 aliphatic rings. The van der Waals surface area contributed by atoms with Crippen LogP contribution in [-0.2, 0) is 5.41 Å². The van der Waals surface area contributed by atoms with Gasteiger partial charge in [-0.15, -0.1) is 0 Å². The van der Waals surface area contributed by atoms with Crippen LogP contribution in [-0.4, -0.2) is 14.5 Å². The summed E-state index contributed by atoms with van der Waals surface area (Å²) >= 11 is 0. The van der Waals surface area contributed by atoms with Gasteiger partial charge in [0.25, 0.3) is 0 Å². The van der Waals surface area contributed by atoms with E-state index in [0.29, 0.717) is 5.82 Å². The zero-order valence-electron chi connectivity index (χ0n) is 34.0. The van der Waals surface area contributed by atoms with Crippen LogP contribution in [0.1, 0.15) is 22.3 Å². The summed E-state index contributed by atoms with van der Waals surface area (Å²) in [4.78, 5) is 10.6. The van der Waals surface area contributed by atoms with Crippen molar-refractivity contribution < 1.29 is 4.42 Å². The van der Waals surface area contributed by atoms with Crippen LogP contribution in [0.2, 0.25) is 0 Å². The minimum Gasteiger partial charge on any atom is -0.456 e. The van der Waals surface area contributed by atoms with Crippen LogP contribution in [0.15, 0.2) is 217 Å². The standard InChI is InChI=1S/C59H35N3O/c1-3-15-36(16-4-1)50-35-51(61-58(60-50)37-17-5-2-6-18-37)43-22-14-24-48-56(43)45-34-38(39-30-32-55-44(33-39)41-20-8-12-28-54(41)63-55)29-31-46(45)59(48)47-23-9-11-27-53(47)62-52-26-10-7-19-40(52)42-21-13-25-49(59)57(42)62/h1-35H. The third-order valence-electron chi connectivity index (χ3n) is 13.6. The molecule has 12 aromatic rings. The molecular weight excluding hydrogens is 767 g/mol. The normalized spacial score (nSPS) is 14.7. The van der Waals surface area contributed by atoms with Crippen molar-refractivity contribution in [3.05, 3.63) is 235 Å². The van der Waals surface area contributed by atoms with Crippen molar-refractivity contribution in [3.63, 3.8) is 0 Å². The van der Waals surface area contributed by atoms with Crippen molar-refractivity contribution in [2.75, 3.05) is 0 Å². The quantitative estimate of drug-likeness (QED) is 0.178. The van der Waals surface area contributed by atoms with Gasteiger partial charge in [-0.3, -0.25) is 0 Å². The highest BCUT2D eigenvalue weighted by atomic mass is 16.3. The number of aromatic nitrogens is 3. The van der Waals surface area contributed by atoms with Gasteiger partial charge >= 0.3 is 0 Å². The lowest BCUT2D eigenvalue weighted by molar-refractivity contribution is 0.669. The maximum absolute atomic E-state index is 6.28.